The maximum Gasteiger partial charge on any atom is 0.325 e. The first-order chi connectivity index (χ1) is 4.95. The molecule has 72 valence electrons. The molecule has 0 aliphatic heterocycles. The van der Waals surface area contributed by atoms with Crippen molar-refractivity contribution < 1.29 is 14.7 Å². The van der Waals surface area contributed by atoms with E-state index >= 15 is 0 Å². The normalized spacial score (nSPS) is 13.9. The predicted octanol–water partition coefficient (Wildman–Crippen LogP) is -0.655. The van der Waals surface area contributed by atoms with Crippen molar-refractivity contribution in [1.29, 1.82) is 0 Å². The summed E-state index contributed by atoms with van der Waals surface area (Å²) in [7, 11) is 0. The number of carbonyl (C=O) groups is 2. The van der Waals surface area contributed by atoms with E-state index in [-0.39, 0.29) is 12.4 Å². The van der Waals surface area contributed by atoms with Gasteiger partial charge in [-0.2, -0.15) is 0 Å². The van der Waals surface area contributed by atoms with Crippen LogP contribution in [0.2, 0.25) is 0 Å². The SMILES string of the molecule is C[C@H](N)C(=O)N[C@@H](C)C(=O)O.Cl. The molecule has 1 amide bonds. The number of hydrogen-bond donors (Lipinski definition) is 3. The van der Waals surface area contributed by atoms with E-state index in [4.69, 9.17) is 10.8 Å². The minimum absolute atomic E-state index is 0. The molecule has 0 aliphatic rings. The van der Waals surface area contributed by atoms with Gasteiger partial charge in [-0.3, -0.25) is 9.59 Å². The molecule has 0 aromatic rings. The summed E-state index contributed by atoms with van der Waals surface area (Å²) in [4.78, 5) is 21.0. The van der Waals surface area contributed by atoms with Crippen LogP contribution >= 0.6 is 12.4 Å². The van der Waals surface area contributed by atoms with Crippen LogP contribution in [0.5, 0.6) is 0 Å². The number of hydrogen-bond acceptors (Lipinski definition) is 3. The van der Waals surface area contributed by atoms with Gasteiger partial charge in [0, 0.05) is 0 Å². The Morgan fingerprint density at radius 3 is 2.08 bits per heavy atom. The number of aliphatic carboxylic acids is 1. The highest BCUT2D eigenvalue weighted by atomic mass is 35.5. The van der Waals surface area contributed by atoms with E-state index in [1.165, 1.54) is 13.8 Å². The molecule has 12 heavy (non-hydrogen) atoms. The monoisotopic (exact) mass is 196 g/mol. The Hall–Kier alpha value is -0.810. The molecule has 0 aliphatic carbocycles. The maximum absolute atomic E-state index is 10.8. The van der Waals surface area contributed by atoms with E-state index < -0.39 is 24.0 Å². The van der Waals surface area contributed by atoms with Gasteiger partial charge in [0.1, 0.15) is 6.04 Å². The van der Waals surface area contributed by atoms with Gasteiger partial charge in [-0.15, -0.1) is 12.4 Å². The first-order valence-corrected chi connectivity index (χ1v) is 3.24. The summed E-state index contributed by atoms with van der Waals surface area (Å²) in [6.45, 7) is 2.87. The third kappa shape index (κ3) is 4.92. The van der Waals surface area contributed by atoms with Crippen molar-refractivity contribution in [3.05, 3.63) is 0 Å². The number of amides is 1. The summed E-state index contributed by atoms with van der Waals surface area (Å²) in [5.74, 6) is -1.53. The molecule has 4 N–H and O–H groups in total. The third-order valence-electron chi connectivity index (χ3n) is 1.14. The van der Waals surface area contributed by atoms with Crippen molar-refractivity contribution in [2.75, 3.05) is 0 Å². The zero-order valence-electron chi connectivity index (χ0n) is 6.90. The van der Waals surface area contributed by atoms with Crippen LogP contribution < -0.4 is 11.1 Å². The molecule has 0 bridgehead atoms. The number of carboxylic acid groups (broad SMARTS) is 1. The molecule has 0 fully saturated rings. The molecule has 0 aromatic heterocycles. The van der Waals surface area contributed by atoms with E-state index in [2.05, 4.69) is 5.32 Å². The standard InChI is InChI=1S/C6H12N2O3.ClH/c1-3(7)5(9)8-4(2)6(10)11;/h3-4H,7H2,1-2H3,(H,8,9)(H,10,11);1H/t3-,4-;/m0./s1. The second-order valence-corrected chi connectivity index (χ2v) is 2.36. The van der Waals surface area contributed by atoms with Crippen LogP contribution in [0, 0.1) is 0 Å². The molecular formula is C6H13ClN2O3. The summed E-state index contributed by atoms with van der Waals surface area (Å²) in [6, 6.07) is -1.55. The van der Waals surface area contributed by atoms with Crippen LogP contribution in [0.1, 0.15) is 13.8 Å². The van der Waals surface area contributed by atoms with Crippen LogP contribution in [0.25, 0.3) is 0 Å². The minimum Gasteiger partial charge on any atom is -0.480 e. The van der Waals surface area contributed by atoms with E-state index in [1.54, 1.807) is 0 Å². The van der Waals surface area contributed by atoms with E-state index in [0.29, 0.717) is 0 Å². The minimum atomic E-state index is -1.07. The summed E-state index contributed by atoms with van der Waals surface area (Å²) < 4.78 is 0. The highest BCUT2D eigenvalue weighted by molar-refractivity contribution is 5.86. The lowest BCUT2D eigenvalue weighted by atomic mass is 10.3. The van der Waals surface area contributed by atoms with Crippen LogP contribution in [-0.2, 0) is 9.59 Å². The van der Waals surface area contributed by atoms with Crippen molar-refractivity contribution in [3.8, 4) is 0 Å². The molecule has 0 radical (unpaired) electrons. The third-order valence-corrected chi connectivity index (χ3v) is 1.14. The molecule has 0 saturated heterocycles. The van der Waals surface area contributed by atoms with Crippen LogP contribution in [0.4, 0.5) is 0 Å². The number of halogens is 1. The van der Waals surface area contributed by atoms with Crippen molar-refractivity contribution in [3.63, 3.8) is 0 Å². The number of rotatable bonds is 3. The van der Waals surface area contributed by atoms with Crippen molar-refractivity contribution in [2.24, 2.45) is 5.73 Å². The average molecular weight is 197 g/mol. The molecule has 5 nitrogen and oxygen atoms in total. The fraction of sp³-hybridized carbons (Fsp3) is 0.667. The van der Waals surface area contributed by atoms with Gasteiger partial charge in [0.15, 0.2) is 0 Å². The van der Waals surface area contributed by atoms with Gasteiger partial charge in [-0.25, -0.2) is 0 Å². The number of nitrogens with two attached hydrogens (primary N) is 1. The van der Waals surface area contributed by atoms with E-state index in [1.807, 2.05) is 0 Å². The Balaban J connectivity index is 0. The first-order valence-electron chi connectivity index (χ1n) is 3.24. The van der Waals surface area contributed by atoms with Crippen molar-refractivity contribution >= 4 is 24.3 Å². The molecule has 0 aromatic carbocycles. The zero-order chi connectivity index (χ0) is 9.02. The summed E-state index contributed by atoms with van der Waals surface area (Å²) in [5, 5.41) is 10.6. The number of carbonyl (C=O) groups excluding carboxylic acids is 1. The summed E-state index contributed by atoms with van der Waals surface area (Å²) >= 11 is 0. The Morgan fingerprint density at radius 1 is 1.42 bits per heavy atom. The van der Waals surface area contributed by atoms with Gasteiger partial charge in [0.25, 0.3) is 0 Å². The van der Waals surface area contributed by atoms with Crippen LogP contribution in [0.15, 0.2) is 0 Å². The Bertz CT molecular complexity index is 172. The fourth-order valence-corrected chi connectivity index (χ4v) is 0.407. The van der Waals surface area contributed by atoms with E-state index in [0.717, 1.165) is 0 Å². The van der Waals surface area contributed by atoms with Gasteiger partial charge in [0.2, 0.25) is 5.91 Å². The topological polar surface area (TPSA) is 92.4 Å². The molecule has 0 unspecified atom stereocenters. The molecule has 2 atom stereocenters. The van der Waals surface area contributed by atoms with Crippen molar-refractivity contribution in [1.82, 2.24) is 5.32 Å². The molecule has 6 heteroatoms. The Morgan fingerprint density at radius 2 is 1.83 bits per heavy atom. The van der Waals surface area contributed by atoms with E-state index in [9.17, 15) is 9.59 Å². The van der Waals surface area contributed by atoms with Gasteiger partial charge < -0.3 is 16.2 Å². The number of carboxylic acids is 1. The summed E-state index contributed by atoms with van der Waals surface area (Å²) in [5.41, 5.74) is 5.18. The second-order valence-electron chi connectivity index (χ2n) is 2.36. The molecule has 0 rings (SSSR count). The Labute approximate surface area is 76.7 Å². The maximum atomic E-state index is 10.8. The highest BCUT2D eigenvalue weighted by Gasteiger charge is 2.15. The largest absolute Gasteiger partial charge is 0.480 e. The van der Waals surface area contributed by atoms with Crippen LogP contribution in [-0.4, -0.2) is 29.1 Å². The average Bonchev–Trinajstić information content (AvgIpc) is 1.87. The Kier molecular flexibility index (Phi) is 6.64. The highest BCUT2D eigenvalue weighted by Crippen LogP contribution is 1.83. The number of nitrogens with one attached hydrogen (secondary N) is 1. The zero-order valence-corrected chi connectivity index (χ0v) is 7.72. The first kappa shape index (κ1) is 13.8. The molecule has 0 saturated carbocycles. The molecule has 0 spiro atoms. The van der Waals surface area contributed by atoms with Gasteiger partial charge >= 0.3 is 5.97 Å². The fourth-order valence-electron chi connectivity index (χ4n) is 0.407. The van der Waals surface area contributed by atoms with Gasteiger partial charge in [-0.05, 0) is 13.8 Å². The lowest BCUT2D eigenvalue weighted by molar-refractivity contribution is -0.141. The van der Waals surface area contributed by atoms with Crippen LogP contribution in [0.3, 0.4) is 0 Å². The molecule has 0 heterocycles. The lowest BCUT2D eigenvalue weighted by Gasteiger charge is -2.10. The predicted molar refractivity (Wildman–Crippen MR) is 46.1 cm³/mol. The quantitative estimate of drug-likeness (QED) is 0.559. The lowest BCUT2D eigenvalue weighted by Crippen LogP contribution is -2.45. The summed E-state index contributed by atoms with van der Waals surface area (Å²) in [6.07, 6.45) is 0. The molecular weight excluding hydrogens is 184 g/mol. The van der Waals surface area contributed by atoms with Gasteiger partial charge in [0.05, 0.1) is 6.04 Å². The van der Waals surface area contributed by atoms with Crippen molar-refractivity contribution in [2.45, 2.75) is 25.9 Å². The smallest absolute Gasteiger partial charge is 0.325 e. The van der Waals surface area contributed by atoms with Gasteiger partial charge in [-0.1, -0.05) is 0 Å². The second kappa shape index (κ2) is 5.79.